The fourth-order valence-electron chi connectivity index (χ4n) is 3.77. The van der Waals surface area contributed by atoms with Crippen LogP contribution in [0.15, 0.2) is 54.6 Å². The highest BCUT2D eigenvalue weighted by atomic mass is 35.5. The molecule has 0 heterocycles. The molecule has 0 spiro atoms. The normalized spacial score (nSPS) is 13.1. The zero-order valence-corrected chi connectivity index (χ0v) is 22.5. The molecule has 0 bridgehead atoms. The molecule has 9 heteroatoms. The number of sulfonamides is 1. The third kappa shape index (κ3) is 8.54. The van der Waals surface area contributed by atoms with E-state index in [1.54, 1.807) is 35.2 Å². The van der Waals surface area contributed by atoms with Crippen LogP contribution in [0.2, 0.25) is 5.02 Å². The van der Waals surface area contributed by atoms with Gasteiger partial charge in [0.2, 0.25) is 21.8 Å². The topological polar surface area (TPSA) is 86.8 Å². The lowest BCUT2D eigenvalue weighted by Gasteiger charge is -2.32. The predicted molar refractivity (Wildman–Crippen MR) is 142 cm³/mol. The largest absolute Gasteiger partial charge is 0.352 e. The van der Waals surface area contributed by atoms with Gasteiger partial charge < -0.3 is 10.2 Å². The maximum absolute atomic E-state index is 13.4. The minimum absolute atomic E-state index is 0.0111. The Morgan fingerprint density at radius 1 is 1.00 bits per heavy atom. The number of nitrogens with zero attached hydrogens (tertiary/aromatic N) is 2. The molecule has 2 amide bonds. The van der Waals surface area contributed by atoms with Crippen molar-refractivity contribution in [3.8, 4) is 0 Å². The van der Waals surface area contributed by atoms with Crippen molar-refractivity contribution >= 4 is 39.1 Å². The minimum Gasteiger partial charge on any atom is -0.352 e. The van der Waals surface area contributed by atoms with Crippen molar-refractivity contribution in [1.82, 2.24) is 10.2 Å². The average molecular weight is 522 g/mol. The number of halogens is 1. The van der Waals surface area contributed by atoms with Crippen LogP contribution in [0.25, 0.3) is 0 Å². The summed E-state index contributed by atoms with van der Waals surface area (Å²) < 4.78 is 26.0. The van der Waals surface area contributed by atoms with E-state index >= 15 is 0 Å². The van der Waals surface area contributed by atoms with Gasteiger partial charge in [0.1, 0.15) is 6.04 Å². The smallest absolute Gasteiger partial charge is 0.243 e. The van der Waals surface area contributed by atoms with Gasteiger partial charge in [-0.25, -0.2) is 8.42 Å². The number of hydrogen-bond acceptors (Lipinski definition) is 4. The number of anilines is 1. The van der Waals surface area contributed by atoms with Crippen LogP contribution in [0.1, 0.15) is 52.0 Å². The first-order valence-electron chi connectivity index (χ1n) is 11.9. The van der Waals surface area contributed by atoms with E-state index in [1.807, 2.05) is 45.0 Å². The molecule has 35 heavy (non-hydrogen) atoms. The van der Waals surface area contributed by atoms with Crippen molar-refractivity contribution < 1.29 is 18.0 Å². The molecule has 2 aromatic rings. The number of nitrogens with one attached hydrogen (secondary N) is 1. The summed E-state index contributed by atoms with van der Waals surface area (Å²) in [6.45, 7) is 6.13. The van der Waals surface area contributed by atoms with Gasteiger partial charge in [0, 0.05) is 30.6 Å². The second kappa shape index (κ2) is 13.5. The Bertz CT molecular complexity index is 1080. The van der Waals surface area contributed by atoms with Gasteiger partial charge in [-0.1, -0.05) is 61.8 Å². The maximum Gasteiger partial charge on any atom is 0.243 e. The van der Waals surface area contributed by atoms with Crippen molar-refractivity contribution in [2.24, 2.45) is 0 Å². The lowest BCUT2D eigenvalue weighted by atomic mass is 10.1. The highest BCUT2D eigenvalue weighted by Gasteiger charge is 2.29. The van der Waals surface area contributed by atoms with Gasteiger partial charge in [-0.2, -0.15) is 0 Å². The summed E-state index contributed by atoms with van der Waals surface area (Å²) in [5.41, 5.74) is 1.30. The summed E-state index contributed by atoms with van der Waals surface area (Å²) in [5.74, 6) is -0.429. The van der Waals surface area contributed by atoms with Crippen LogP contribution in [-0.4, -0.2) is 50.0 Å². The summed E-state index contributed by atoms with van der Waals surface area (Å²) in [6, 6.07) is 15.4. The molecule has 0 aromatic heterocycles. The van der Waals surface area contributed by atoms with E-state index in [1.165, 1.54) is 4.31 Å². The minimum atomic E-state index is -3.51. The molecule has 2 aromatic carbocycles. The van der Waals surface area contributed by atoms with Gasteiger partial charge >= 0.3 is 0 Å². The first-order chi connectivity index (χ1) is 16.6. The van der Waals surface area contributed by atoms with Crippen molar-refractivity contribution in [3.05, 3.63) is 65.2 Å². The van der Waals surface area contributed by atoms with Crippen LogP contribution in [0, 0.1) is 0 Å². The number of carbonyl (C=O) groups excluding carboxylic acids is 2. The Hall–Kier alpha value is -2.58. The lowest BCUT2D eigenvalue weighted by Crippen LogP contribution is -2.50. The molecule has 192 valence electrons. The molecule has 0 aliphatic rings. The molecule has 0 aliphatic carbocycles. The first kappa shape index (κ1) is 28.7. The summed E-state index contributed by atoms with van der Waals surface area (Å²) in [4.78, 5) is 28.0. The summed E-state index contributed by atoms with van der Waals surface area (Å²) >= 11 is 6.36. The van der Waals surface area contributed by atoms with Gasteiger partial charge in [0.15, 0.2) is 0 Å². The molecular weight excluding hydrogens is 486 g/mol. The molecule has 0 unspecified atom stereocenters. The van der Waals surface area contributed by atoms with Gasteiger partial charge in [-0.05, 0) is 49.9 Å². The van der Waals surface area contributed by atoms with Crippen molar-refractivity contribution in [3.63, 3.8) is 0 Å². The Morgan fingerprint density at radius 2 is 1.63 bits per heavy atom. The van der Waals surface area contributed by atoms with Gasteiger partial charge in [0.25, 0.3) is 0 Å². The van der Waals surface area contributed by atoms with Crippen molar-refractivity contribution in [1.29, 1.82) is 0 Å². The van der Waals surface area contributed by atoms with E-state index in [9.17, 15) is 18.0 Å². The van der Waals surface area contributed by atoms with Crippen LogP contribution in [0.3, 0.4) is 0 Å². The van der Waals surface area contributed by atoms with Crippen molar-refractivity contribution in [2.75, 3.05) is 17.1 Å². The predicted octanol–water partition coefficient (Wildman–Crippen LogP) is 4.61. The zero-order chi connectivity index (χ0) is 26.0. The fraction of sp³-hybridized carbons (Fsp3) is 0.462. The third-order valence-corrected chi connectivity index (χ3v) is 7.44. The van der Waals surface area contributed by atoms with Gasteiger partial charge in [-0.3, -0.25) is 13.9 Å². The quantitative estimate of drug-likeness (QED) is 0.417. The van der Waals surface area contributed by atoms with Gasteiger partial charge in [0.05, 0.1) is 11.9 Å². The zero-order valence-electron chi connectivity index (χ0n) is 20.9. The molecular formula is C26H36ClN3O4S. The fourth-order valence-corrected chi connectivity index (χ4v) is 4.93. The second-order valence-electron chi connectivity index (χ2n) is 8.63. The Balaban J connectivity index is 2.22. The SMILES string of the molecule is CC[C@@H](C)NC(=O)[C@H](CC)N(Cc1ccccc1Cl)C(=O)CCCN(c1ccccc1)S(C)(=O)=O. The van der Waals surface area contributed by atoms with Gasteiger partial charge in [-0.15, -0.1) is 0 Å². The third-order valence-electron chi connectivity index (χ3n) is 5.88. The van der Waals surface area contributed by atoms with E-state index in [-0.39, 0.29) is 37.4 Å². The monoisotopic (exact) mass is 521 g/mol. The number of hydrogen-bond donors (Lipinski definition) is 1. The van der Waals surface area contributed by atoms with Crippen LogP contribution >= 0.6 is 11.6 Å². The molecule has 2 rings (SSSR count). The Morgan fingerprint density at radius 3 is 2.20 bits per heavy atom. The Labute approximate surface area is 214 Å². The number of carbonyl (C=O) groups is 2. The Kier molecular flexibility index (Phi) is 11.0. The molecule has 2 atom stereocenters. The molecule has 1 N–H and O–H groups in total. The van der Waals surface area contributed by atoms with Crippen molar-refractivity contribution in [2.45, 2.75) is 65.1 Å². The molecule has 0 aliphatic heterocycles. The molecule has 0 fully saturated rings. The van der Waals surface area contributed by atoms with E-state index in [0.717, 1.165) is 18.2 Å². The van der Waals surface area contributed by atoms with Crippen LogP contribution in [0.5, 0.6) is 0 Å². The van der Waals surface area contributed by atoms with Crippen LogP contribution in [-0.2, 0) is 26.2 Å². The summed E-state index contributed by atoms with van der Waals surface area (Å²) in [7, 11) is -3.51. The summed E-state index contributed by atoms with van der Waals surface area (Å²) in [6.07, 6.45) is 2.77. The van der Waals surface area contributed by atoms with Crippen LogP contribution in [0.4, 0.5) is 5.69 Å². The number of para-hydroxylation sites is 1. The first-order valence-corrected chi connectivity index (χ1v) is 14.2. The van der Waals surface area contributed by atoms with Crippen LogP contribution < -0.4 is 9.62 Å². The molecule has 0 saturated heterocycles. The maximum atomic E-state index is 13.4. The number of benzene rings is 2. The highest BCUT2D eigenvalue weighted by Crippen LogP contribution is 2.22. The lowest BCUT2D eigenvalue weighted by molar-refractivity contribution is -0.141. The highest BCUT2D eigenvalue weighted by molar-refractivity contribution is 7.92. The standard InChI is InChI=1S/C26H36ClN3O4S/c1-5-20(3)28-26(32)24(6-2)29(19-21-13-10-11-16-23(21)27)25(31)17-12-18-30(35(4,33)34)22-14-8-7-9-15-22/h7-11,13-16,20,24H,5-6,12,17-19H2,1-4H3,(H,28,32)/t20-,24+/m1/s1. The van der Waals surface area contributed by atoms with E-state index < -0.39 is 16.1 Å². The van der Waals surface area contributed by atoms with E-state index in [2.05, 4.69) is 5.32 Å². The second-order valence-corrected chi connectivity index (χ2v) is 10.9. The summed E-state index contributed by atoms with van der Waals surface area (Å²) in [5, 5.41) is 3.50. The van der Waals surface area contributed by atoms with E-state index in [0.29, 0.717) is 23.6 Å². The number of amides is 2. The number of rotatable bonds is 13. The van der Waals surface area contributed by atoms with E-state index in [4.69, 9.17) is 11.6 Å². The molecule has 0 radical (unpaired) electrons. The molecule has 0 saturated carbocycles. The molecule has 7 nitrogen and oxygen atoms in total. The average Bonchev–Trinajstić information content (AvgIpc) is 2.82.